The van der Waals surface area contributed by atoms with E-state index in [4.69, 9.17) is 4.74 Å². The maximum Gasteiger partial charge on any atom is 0.227 e. The number of anilines is 1. The topological polar surface area (TPSA) is 62.2 Å². The van der Waals surface area contributed by atoms with Gasteiger partial charge in [0.1, 0.15) is 0 Å². The molecule has 120 valence electrons. The van der Waals surface area contributed by atoms with E-state index in [0.717, 1.165) is 5.69 Å². The second-order valence-corrected chi connectivity index (χ2v) is 5.61. The van der Waals surface area contributed by atoms with Gasteiger partial charge in [-0.15, -0.1) is 4.91 Å². The van der Waals surface area contributed by atoms with Gasteiger partial charge >= 0.3 is 0 Å². The molecule has 0 saturated carbocycles. The Kier molecular flexibility index (Phi) is 5.49. The highest BCUT2D eigenvalue weighted by Gasteiger charge is 2.43. The standard InChI is InChI=1S/C16H23N3O3/c1-3-15(20)19(14-7-5-4-6-8-14)16(13-22-2)9-11-18(17-21)12-10-16/h4-8H,3,9-13H2,1-2H3. The Morgan fingerprint density at radius 1 is 1.32 bits per heavy atom. The second kappa shape index (κ2) is 7.35. The molecule has 1 aliphatic heterocycles. The van der Waals surface area contributed by atoms with Crippen LogP contribution in [0.4, 0.5) is 5.69 Å². The van der Waals surface area contributed by atoms with Crippen LogP contribution in [0.2, 0.25) is 0 Å². The molecule has 0 atom stereocenters. The van der Waals surface area contributed by atoms with Gasteiger partial charge < -0.3 is 9.64 Å². The largest absolute Gasteiger partial charge is 0.382 e. The molecule has 6 nitrogen and oxygen atoms in total. The average Bonchev–Trinajstić information content (AvgIpc) is 2.57. The van der Waals surface area contributed by atoms with Crippen molar-refractivity contribution < 1.29 is 9.53 Å². The molecular weight excluding hydrogens is 282 g/mol. The van der Waals surface area contributed by atoms with E-state index in [-0.39, 0.29) is 5.91 Å². The van der Waals surface area contributed by atoms with Crippen LogP contribution in [0.3, 0.4) is 0 Å². The van der Waals surface area contributed by atoms with E-state index < -0.39 is 5.54 Å². The first-order valence-corrected chi connectivity index (χ1v) is 7.62. The number of benzene rings is 1. The Hall–Kier alpha value is -1.95. The predicted octanol–water partition coefficient (Wildman–Crippen LogP) is 2.59. The van der Waals surface area contributed by atoms with Crippen molar-refractivity contribution in [1.82, 2.24) is 5.01 Å². The molecule has 0 radical (unpaired) electrons. The number of rotatable bonds is 6. The van der Waals surface area contributed by atoms with Crippen LogP contribution < -0.4 is 4.90 Å². The van der Waals surface area contributed by atoms with Gasteiger partial charge in [0.15, 0.2) is 0 Å². The van der Waals surface area contributed by atoms with E-state index in [2.05, 4.69) is 5.29 Å². The Labute approximate surface area is 131 Å². The Morgan fingerprint density at radius 3 is 2.45 bits per heavy atom. The van der Waals surface area contributed by atoms with Crippen molar-refractivity contribution in [1.29, 1.82) is 0 Å². The van der Waals surface area contributed by atoms with Crippen molar-refractivity contribution in [3.05, 3.63) is 35.2 Å². The number of hydrogen-bond acceptors (Lipinski definition) is 4. The van der Waals surface area contributed by atoms with Crippen molar-refractivity contribution in [2.45, 2.75) is 31.7 Å². The van der Waals surface area contributed by atoms with Crippen molar-refractivity contribution in [3.63, 3.8) is 0 Å². The SMILES string of the molecule is CCC(=O)N(c1ccccc1)C1(COC)CCN(N=O)CC1. The molecule has 1 heterocycles. The molecule has 0 N–H and O–H groups in total. The number of amides is 1. The van der Waals surface area contributed by atoms with Crippen LogP contribution in [0, 0.1) is 4.91 Å². The van der Waals surface area contributed by atoms with Gasteiger partial charge in [0.05, 0.1) is 17.4 Å². The zero-order chi connectivity index (χ0) is 16.0. The quantitative estimate of drug-likeness (QED) is 0.758. The molecule has 0 bridgehead atoms. The van der Waals surface area contributed by atoms with Crippen molar-refractivity contribution in [2.24, 2.45) is 5.29 Å². The van der Waals surface area contributed by atoms with E-state index in [1.807, 2.05) is 42.2 Å². The fourth-order valence-electron chi connectivity index (χ4n) is 3.11. The van der Waals surface area contributed by atoms with Gasteiger partial charge in [-0.2, -0.15) is 0 Å². The first-order valence-electron chi connectivity index (χ1n) is 7.62. The highest BCUT2D eigenvalue weighted by molar-refractivity contribution is 5.94. The zero-order valence-electron chi connectivity index (χ0n) is 13.2. The van der Waals surface area contributed by atoms with Gasteiger partial charge in [-0.05, 0) is 25.0 Å². The van der Waals surface area contributed by atoms with Gasteiger partial charge in [-0.3, -0.25) is 9.80 Å². The molecule has 6 heteroatoms. The fraction of sp³-hybridized carbons (Fsp3) is 0.562. The number of hydrogen-bond donors (Lipinski definition) is 0. The number of methoxy groups -OCH3 is 1. The average molecular weight is 305 g/mol. The predicted molar refractivity (Wildman–Crippen MR) is 85.4 cm³/mol. The van der Waals surface area contributed by atoms with E-state index in [1.165, 1.54) is 5.01 Å². The van der Waals surface area contributed by atoms with Gasteiger partial charge in [-0.1, -0.05) is 25.1 Å². The smallest absolute Gasteiger partial charge is 0.227 e. The minimum absolute atomic E-state index is 0.0655. The van der Waals surface area contributed by atoms with Gasteiger partial charge in [0, 0.05) is 32.3 Å². The van der Waals surface area contributed by atoms with Crippen LogP contribution >= 0.6 is 0 Å². The van der Waals surface area contributed by atoms with Crippen LogP contribution in [0.1, 0.15) is 26.2 Å². The molecule has 1 fully saturated rings. The molecule has 2 rings (SSSR count). The molecule has 1 saturated heterocycles. The summed E-state index contributed by atoms with van der Waals surface area (Å²) < 4.78 is 5.43. The molecule has 1 aliphatic rings. The molecule has 0 aliphatic carbocycles. The summed E-state index contributed by atoms with van der Waals surface area (Å²) in [5, 5.41) is 4.52. The van der Waals surface area contributed by atoms with Crippen LogP contribution in [0.5, 0.6) is 0 Å². The number of nitrogens with zero attached hydrogens (tertiary/aromatic N) is 3. The highest BCUT2D eigenvalue weighted by Crippen LogP contribution is 2.34. The lowest BCUT2D eigenvalue weighted by molar-refractivity contribution is -0.120. The van der Waals surface area contributed by atoms with Crippen LogP contribution in [0.25, 0.3) is 0 Å². The molecule has 22 heavy (non-hydrogen) atoms. The summed E-state index contributed by atoms with van der Waals surface area (Å²) in [5.41, 5.74) is 0.448. The van der Waals surface area contributed by atoms with Gasteiger partial charge in [0.25, 0.3) is 0 Å². The maximum absolute atomic E-state index is 12.6. The van der Waals surface area contributed by atoms with Gasteiger partial charge in [-0.25, -0.2) is 0 Å². The molecular formula is C16H23N3O3. The highest BCUT2D eigenvalue weighted by atomic mass is 16.5. The first-order chi connectivity index (χ1) is 10.7. The monoisotopic (exact) mass is 305 g/mol. The molecule has 1 aromatic carbocycles. The van der Waals surface area contributed by atoms with E-state index in [1.54, 1.807) is 7.11 Å². The number of para-hydroxylation sites is 1. The van der Waals surface area contributed by atoms with E-state index in [0.29, 0.717) is 39.0 Å². The fourth-order valence-corrected chi connectivity index (χ4v) is 3.11. The second-order valence-electron chi connectivity index (χ2n) is 5.61. The number of piperidine rings is 1. The van der Waals surface area contributed by atoms with E-state index in [9.17, 15) is 9.70 Å². The van der Waals surface area contributed by atoms with Crippen molar-refractivity contribution in [3.8, 4) is 0 Å². The normalized spacial score (nSPS) is 17.1. The summed E-state index contributed by atoms with van der Waals surface area (Å²) >= 11 is 0. The number of ether oxygens (including phenoxy) is 1. The summed E-state index contributed by atoms with van der Waals surface area (Å²) in [5.74, 6) is 0.0655. The summed E-state index contributed by atoms with van der Waals surface area (Å²) in [6.45, 7) is 3.38. The first kappa shape index (κ1) is 16.4. The van der Waals surface area contributed by atoms with Crippen molar-refractivity contribution in [2.75, 3.05) is 31.7 Å². The van der Waals surface area contributed by atoms with Crippen LogP contribution in [0.15, 0.2) is 35.6 Å². The number of nitroso groups, excluding NO2 is 1. The molecule has 1 aromatic rings. The molecule has 1 amide bonds. The molecule has 0 unspecified atom stereocenters. The summed E-state index contributed by atoms with van der Waals surface area (Å²) in [7, 11) is 1.64. The van der Waals surface area contributed by atoms with E-state index >= 15 is 0 Å². The summed E-state index contributed by atoms with van der Waals surface area (Å²) in [6, 6.07) is 9.66. The third-order valence-corrected chi connectivity index (χ3v) is 4.24. The van der Waals surface area contributed by atoms with Gasteiger partial charge in [0.2, 0.25) is 5.91 Å². The molecule has 0 aromatic heterocycles. The van der Waals surface area contributed by atoms with Crippen molar-refractivity contribution >= 4 is 11.6 Å². The lowest BCUT2D eigenvalue weighted by atomic mass is 9.85. The third kappa shape index (κ3) is 3.27. The number of carbonyl (C=O) groups excluding carboxylic acids is 1. The maximum atomic E-state index is 12.6. The minimum Gasteiger partial charge on any atom is -0.382 e. The van der Waals surface area contributed by atoms with Crippen LogP contribution in [-0.4, -0.2) is 43.3 Å². The zero-order valence-corrected chi connectivity index (χ0v) is 13.2. The Morgan fingerprint density at radius 2 is 1.95 bits per heavy atom. The Bertz CT molecular complexity index is 499. The third-order valence-electron chi connectivity index (χ3n) is 4.24. The number of carbonyl (C=O) groups is 1. The lowest BCUT2D eigenvalue weighted by Gasteiger charge is -2.47. The molecule has 0 spiro atoms. The summed E-state index contributed by atoms with van der Waals surface area (Å²) in [4.78, 5) is 25.2. The van der Waals surface area contributed by atoms with Crippen LogP contribution in [-0.2, 0) is 9.53 Å². The lowest BCUT2D eigenvalue weighted by Crippen LogP contribution is -2.59. The minimum atomic E-state index is -0.426. The Balaban J connectivity index is 2.37. The summed E-state index contributed by atoms with van der Waals surface area (Å²) in [6.07, 6.45) is 1.75.